The number of hydrogen-bond acceptors (Lipinski definition) is 7. The molecule has 0 amide bonds. The van der Waals surface area contributed by atoms with Gasteiger partial charge in [0.2, 0.25) is 0 Å². The van der Waals surface area contributed by atoms with Crippen LogP contribution in [0.3, 0.4) is 0 Å². The summed E-state index contributed by atoms with van der Waals surface area (Å²) in [5.41, 5.74) is 0. The molecule has 0 saturated carbocycles. The van der Waals surface area contributed by atoms with Crippen molar-refractivity contribution in [3.8, 4) is 0 Å². The number of carbonyl (C=O) groups excluding carboxylic acids is 2. The zero-order valence-corrected chi connectivity index (χ0v) is 52.2. The summed E-state index contributed by atoms with van der Waals surface area (Å²) in [6.45, 7) is 4.49. The van der Waals surface area contributed by atoms with Gasteiger partial charge < -0.3 is 18.9 Å². The summed E-state index contributed by atoms with van der Waals surface area (Å²) in [6.07, 6.45) is 71.3. The molecule has 450 valence electrons. The second kappa shape index (κ2) is 58.2. The lowest BCUT2D eigenvalue weighted by molar-refractivity contribution is -0.870. The lowest BCUT2D eigenvalue weighted by Gasteiger charge is -2.24. The zero-order valence-electron chi connectivity index (χ0n) is 51.3. The highest BCUT2D eigenvalue weighted by molar-refractivity contribution is 7.47. The maximum Gasteiger partial charge on any atom is 0.472 e. The largest absolute Gasteiger partial charge is 0.472 e. The van der Waals surface area contributed by atoms with E-state index in [1.807, 2.05) is 21.1 Å². The van der Waals surface area contributed by atoms with Crippen LogP contribution in [-0.2, 0) is 32.7 Å². The summed E-state index contributed by atoms with van der Waals surface area (Å²) in [6, 6.07) is 0. The van der Waals surface area contributed by atoms with Gasteiger partial charge in [0, 0.05) is 12.8 Å². The van der Waals surface area contributed by atoms with E-state index < -0.39 is 26.5 Å². The molecule has 0 fully saturated rings. The molecule has 1 N–H and O–H groups in total. The number of phosphoric ester groups is 1. The summed E-state index contributed by atoms with van der Waals surface area (Å²) in [5.74, 6) is -0.774. The van der Waals surface area contributed by atoms with E-state index in [1.54, 1.807) is 0 Å². The van der Waals surface area contributed by atoms with Gasteiger partial charge in [0.05, 0.1) is 27.7 Å². The minimum Gasteiger partial charge on any atom is -0.462 e. The smallest absolute Gasteiger partial charge is 0.462 e. The Kier molecular flexibility index (Phi) is 57.0. The third kappa shape index (κ3) is 61.7. The molecule has 0 aromatic rings. The first-order valence-corrected chi connectivity index (χ1v) is 34.6. The molecule has 0 aromatic heterocycles. The SMILES string of the molecule is CCCCCCC/C=C\C/C=C\CCCCCCCCCCCCCCCCCCCCCCCC(=O)OC(COC(=O)CCCCCCCCCCCCCCCCCCCCC)COP(=O)(O)OCC[N+](C)(C)C. The van der Waals surface area contributed by atoms with E-state index in [0.717, 1.165) is 38.5 Å². The maximum absolute atomic E-state index is 12.9. The van der Waals surface area contributed by atoms with E-state index in [2.05, 4.69) is 38.2 Å². The van der Waals surface area contributed by atoms with Crippen LogP contribution in [0.15, 0.2) is 24.3 Å². The molecule has 76 heavy (non-hydrogen) atoms. The summed E-state index contributed by atoms with van der Waals surface area (Å²) < 4.78 is 34.7. The van der Waals surface area contributed by atoms with Crippen LogP contribution in [0.25, 0.3) is 0 Å². The number of hydrogen-bond donors (Lipinski definition) is 1. The van der Waals surface area contributed by atoms with Crippen LogP contribution < -0.4 is 0 Å². The average molecular weight is 1100 g/mol. The first-order chi connectivity index (χ1) is 37.0. The van der Waals surface area contributed by atoms with Crippen molar-refractivity contribution in [2.75, 3.05) is 47.5 Å². The van der Waals surface area contributed by atoms with Gasteiger partial charge in [-0.1, -0.05) is 301 Å². The maximum atomic E-state index is 12.9. The molecule has 0 saturated heterocycles. The van der Waals surface area contributed by atoms with Gasteiger partial charge in [-0.2, -0.15) is 0 Å². The second-order valence-electron chi connectivity index (χ2n) is 23.9. The molecule has 2 atom stereocenters. The van der Waals surface area contributed by atoms with Crippen LogP contribution in [0.2, 0.25) is 0 Å². The van der Waals surface area contributed by atoms with Crippen molar-refractivity contribution in [1.82, 2.24) is 0 Å². The van der Waals surface area contributed by atoms with Crippen LogP contribution in [-0.4, -0.2) is 74.9 Å². The number of esters is 2. The Balaban J connectivity index is 3.98. The van der Waals surface area contributed by atoms with Crippen molar-refractivity contribution in [2.45, 2.75) is 341 Å². The van der Waals surface area contributed by atoms with E-state index in [0.29, 0.717) is 23.9 Å². The zero-order chi connectivity index (χ0) is 55.6. The van der Waals surface area contributed by atoms with E-state index in [4.69, 9.17) is 18.5 Å². The summed E-state index contributed by atoms with van der Waals surface area (Å²) in [5, 5.41) is 0. The van der Waals surface area contributed by atoms with Gasteiger partial charge in [-0.05, 0) is 44.9 Å². The third-order valence-corrected chi connectivity index (χ3v) is 16.0. The highest BCUT2D eigenvalue weighted by Crippen LogP contribution is 2.43. The molecule has 0 radical (unpaired) electrons. The lowest BCUT2D eigenvalue weighted by atomic mass is 10.0. The number of likely N-dealkylation sites (N-methyl/N-ethyl adjacent to an activating group) is 1. The normalized spacial score (nSPS) is 13.3. The van der Waals surface area contributed by atoms with Gasteiger partial charge in [0.25, 0.3) is 0 Å². The highest BCUT2D eigenvalue weighted by atomic mass is 31.2. The van der Waals surface area contributed by atoms with Gasteiger partial charge in [-0.3, -0.25) is 18.6 Å². The van der Waals surface area contributed by atoms with E-state index >= 15 is 0 Å². The molecular weight excluding hydrogens is 966 g/mol. The van der Waals surface area contributed by atoms with Gasteiger partial charge in [-0.15, -0.1) is 0 Å². The van der Waals surface area contributed by atoms with E-state index in [-0.39, 0.29) is 25.6 Å². The second-order valence-corrected chi connectivity index (χ2v) is 25.3. The predicted octanol–water partition coefficient (Wildman–Crippen LogP) is 20.9. The number of carbonyl (C=O) groups is 2. The monoisotopic (exact) mass is 1090 g/mol. The molecule has 0 aliphatic heterocycles. The van der Waals surface area contributed by atoms with Crippen LogP contribution >= 0.6 is 7.82 Å². The van der Waals surface area contributed by atoms with Gasteiger partial charge in [0.15, 0.2) is 6.10 Å². The van der Waals surface area contributed by atoms with Crippen LogP contribution in [0.1, 0.15) is 335 Å². The van der Waals surface area contributed by atoms with Crippen molar-refractivity contribution < 1.29 is 42.1 Å². The van der Waals surface area contributed by atoms with Gasteiger partial charge in [-0.25, -0.2) is 4.57 Å². The van der Waals surface area contributed by atoms with Crippen molar-refractivity contribution in [2.24, 2.45) is 0 Å². The summed E-state index contributed by atoms with van der Waals surface area (Å²) >= 11 is 0. The van der Waals surface area contributed by atoms with Crippen molar-refractivity contribution >= 4 is 19.8 Å². The molecule has 0 heterocycles. The van der Waals surface area contributed by atoms with Gasteiger partial charge >= 0.3 is 19.8 Å². The first-order valence-electron chi connectivity index (χ1n) is 33.1. The molecule has 2 unspecified atom stereocenters. The van der Waals surface area contributed by atoms with Crippen molar-refractivity contribution in [3.05, 3.63) is 24.3 Å². The Labute approximate surface area is 472 Å². The minimum atomic E-state index is -4.38. The molecule has 0 spiro atoms. The standard InChI is InChI=1S/C66H128NO8P/c1-6-8-10-12-14-16-18-20-22-24-26-27-28-29-30-31-32-33-34-35-36-37-38-39-41-43-45-47-49-51-53-55-57-59-66(69)75-64(63-74-76(70,71)73-61-60-67(3,4)5)62-72-65(68)58-56-54-52-50-48-46-44-42-40-25-23-21-19-17-15-13-11-9-7-2/h18,20,24,26,64H,6-17,19,21-23,25,27-63H2,1-5H3/p+1/b20-18-,26-24-. The van der Waals surface area contributed by atoms with Crippen molar-refractivity contribution in [1.29, 1.82) is 0 Å². The number of phosphoric acid groups is 1. The minimum absolute atomic E-state index is 0.0358. The van der Waals surface area contributed by atoms with Crippen LogP contribution in [0.4, 0.5) is 0 Å². The Morgan fingerprint density at radius 2 is 0.711 bits per heavy atom. The summed E-state index contributed by atoms with van der Waals surface area (Å²) in [7, 11) is 1.50. The number of allylic oxidation sites excluding steroid dienone is 4. The number of ether oxygens (including phenoxy) is 2. The molecule has 0 rings (SSSR count). The Morgan fingerprint density at radius 3 is 1.04 bits per heavy atom. The lowest BCUT2D eigenvalue weighted by Crippen LogP contribution is -2.37. The van der Waals surface area contributed by atoms with E-state index in [1.165, 1.54) is 263 Å². The molecule has 0 bridgehead atoms. The van der Waals surface area contributed by atoms with E-state index in [9.17, 15) is 19.0 Å². The average Bonchev–Trinajstić information content (AvgIpc) is 3.38. The van der Waals surface area contributed by atoms with Gasteiger partial charge in [0.1, 0.15) is 19.8 Å². The molecule has 10 heteroatoms. The Morgan fingerprint density at radius 1 is 0.408 bits per heavy atom. The number of rotatable bonds is 62. The Hall–Kier alpha value is -1.51. The number of nitrogens with zero attached hydrogens (tertiary/aromatic N) is 1. The molecule has 0 aliphatic carbocycles. The molecule has 0 aromatic carbocycles. The molecular formula is C66H129NO8P+. The summed E-state index contributed by atoms with van der Waals surface area (Å²) in [4.78, 5) is 35.8. The molecule has 9 nitrogen and oxygen atoms in total. The molecule has 0 aliphatic rings. The van der Waals surface area contributed by atoms with Crippen LogP contribution in [0, 0.1) is 0 Å². The fourth-order valence-electron chi connectivity index (χ4n) is 9.87. The first kappa shape index (κ1) is 74.5. The predicted molar refractivity (Wildman–Crippen MR) is 326 cm³/mol. The Bertz CT molecular complexity index is 1330. The van der Waals surface area contributed by atoms with Crippen molar-refractivity contribution in [3.63, 3.8) is 0 Å². The van der Waals surface area contributed by atoms with Crippen LogP contribution in [0.5, 0.6) is 0 Å². The number of quaternary nitrogens is 1. The topological polar surface area (TPSA) is 108 Å². The fraction of sp³-hybridized carbons (Fsp3) is 0.909. The quantitative estimate of drug-likeness (QED) is 0.0211. The number of unbranched alkanes of at least 4 members (excludes halogenated alkanes) is 44. The third-order valence-electron chi connectivity index (χ3n) is 15.0. The fourth-order valence-corrected chi connectivity index (χ4v) is 10.6. The highest BCUT2D eigenvalue weighted by Gasteiger charge is 2.27.